The molecule has 1 aliphatic heterocycles. The first-order valence-corrected chi connectivity index (χ1v) is 9.40. The summed E-state index contributed by atoms with van der Waals surface area (Å²) in [4.78, 5) is 22.4. The molecule has 0 saturated carbocycles. The first-order chi connectivity index (χ1) is 14.1. The number of aromatic nitrogens is 2. The van der Waals surface area contributed by atoms with Gasteiger partial charge in [-0.1, -0.05) is 6.07 Å². The van der Waals surface area contributed by atoms with E-state index in [1.165, 1.54) is 7.11 Å². The Morgan fingerprint density at radius 1 is 1.10 bits per heavy atom. The Bertz CT molecular complexity index is 824. The fourth-order valence-corrected chi connectivity index (χ4v) is 3.12. The van der Waals surface area contributed by atoms with Crippen LogP contribution in [0.4, 0.5) is 4.79 Å². The molecule has 29 heavy (non-hydrogen) atoms. The van der Waals surface area contributed by atoms with Crippen molar-refractivity contribution in [3.63, 3.8) is 0 Å². The lowest BCUT2D eigenvalue weighted by Gasteiger charge is -2.32. The zero-order chi connectivity index (χ0) is 20.6. The van der Waals surface area contributed by atoms with Crippen LogP contribution in [0, 0.1) is 0 Å². The molecule has 3 rings (SSSR count). The summed E-state index contributed by atoms with van der Waals surface area (Å²) in [6.45, 7) is 1.64. The van der Waals surface area contributed by atoms with E-state index in [1.54, 1.807) is 31.4 Å². The van der Waals surface area contributed by atoms with Gasteiger partial charge < -0.3 is 29.2 Å². The maximum absolute atomic E-state index is 12.5. The van der Waals surface area contributed by atoms with Crippen molar-refractivity contribution in [2.75, 3.05) is 34.4 Å². The molecule has 0 unspecified atom stereocenters. The molecule has 2 heterocycles. The standard InChI is InChI=1S/C20H26N4O5/c1-26-16-5-4-14(12-17(16)27-2)13-22-20(25)24-10-7-15(8-11-24)29-18-6-9-21-19(23-18)28-3/h4-6,9,12,15H,7-8,10-11,13H2,1-3H3,(H,22,25). The molecule has 1 aliphatic rings. The van der Waals surface area contributed by atoms with E-state index in [4.69, 9.17) is 18.9 Å². The van der Waals surface area contributed by atoms with Crippen molar-refractivity contribution in [3.8, 4) is 23.4 Å². The van der Waals surface area contributed by atoms with E-state index in [0.717, 1.165) is 18.4 Å². The molecule has 0 atom stereocenters. The van der Waals surface area contributed by atoms with Gasteiger partial charge in [0, 0.05) is 44.7 Å². The number of amides is 2. The highest BCUT2D eigenvalue weighted by molar-refractivity contribution is 5.74. The number of nitrogens with zero attached hydrogens (tertiary/aromatic N) is 3. The van der Waals surface area contributed by atoms with Crippen molar-refractivity contribution >= 4 is 6.03 Å². The fraction of sp³-hybridized carbons (Fsp3) is 0.450. The van der Waals surface area contributed by atoms with Gasteiger partial charge >= 0.3 is 12.0 Å². The van der Waals surface area contributed by atoms with Gasteiger partial charge in [-0.15, -0.1) is 0 Å². The van der Waals surface area contributed by atoms with Crippen LogP contribution in [-0.4, -0.2) is 61.4 Å². The van der Waals surface area contributed by atoms with Crippen LogP contribution in [0.2, 0.25) is 0 Å². The van der Waals surface area contributed by atoms with Crippen molar-refractivity contribution in [1.82, 2.24) is 20.2 Å². The van der Waals surface area contributed by atoms with Crippen LogP contribution >= 0.6 is 0 Å². The van der Waals surface area contributed by atoms with E-state index < -0.39 is 0 Å². The van der Waals surface area contributed by atoms with Crippen molar-refractivity contribution in [3.05, 3.63) is 36.0 Å². The summed E-state index contributed by atoms with van der Waals surface area (Å²) in [5, 5.41) is 2.95. The Morgan fingerprint density at radius 3 is 2.55 bits per heavy atom. The lowest BCUT2D eigenvalue weighted by atomic mass is 10.1. The summed E-state index contributed by atoms with van der Waals surface area (Å²) < 4.78 is 21.4. The highest BCUT2D eigenvalue weighted by Crippen LogP contribution is 2.27. The van der Waals surface area contributed by atoms with Crippen LogP contribution in [0.1, 0.15) is 18.4 Å². The van der Waals surface area contributed by atoms with Gasteiger partial charge in [0.15, 0.2) is 11.5 Å². The van der Waals surface area contributed by atoms with Gasteiger partial charge in [-0.3, -0.25) is 0 Å². The highest BCUT2D eigenvalue weighted by Gasteiger charge is 2.24. The van der Waals surface area contributed by atoms with Gasteiger partial charge in [-0.2, -0.15) is 4.98 Å². The summed E-state index contributed by atoms with van der Waals surface area (Å²) in [7, 11) is 4.69. The van der Waals surface area contributed by atoms with Crippen LogP contribution in [0.15, 0.2) is 30.5 Å². The molecule has 1 saturated heterocycles. The number of piperidine rings is 1. The molecule has 1 N–H and O–H groups in total. The van der Waals surface area contributed by atoms with Crippen LogP contribution < -0.4 is 24.3 Å². The third-order valence-corrected chi connectivity index (χ3v) is 4.70. The molecule has 0 radical (unpaired) electrons. The van der Waals surface area contributed by atoms with Crippen LogP contribution in [0.3, 0.4) is 0 Å². The van der Waals surface area contributed by atoms with Gasteiger partial charge in [0.25, 0.3) is 0 Å². The largest absolute Gasteiger partial charge is 0.493 e. The Hall–Kier alpha value is -3.23. The lowest BCUT2D eigenvalue weighted by molar-refractivity contribution is 0.106. The molecule has 9 nitrogen and oxygen atoms in total. The van der Waals surface area contributed by atoms with Crippen LogP contribution in [0.5, 0.6) is 23.4 Å². The predicted octanol–water partition coefficient (Wildman–Crippen LogP) is 2.26. The first kappa shape index (κ1) is 20.5. The SMILES string of the molecule is COc1nccc(OC2CCN(C(=O)NCc3ccc(OC)c(OC)c3)CC2)n1. The number of hydrogen-bond donors (Lipinski definition) is 1. The number of hydrogen-bond acceptors (Lipinski definition) is 7. The molecular weight excluding hydrogens is 376 g/mol. The number of carbonyl (C=O) groups is 1. The Labute approximate surface area is 169 Å². The minimum Gasteiger partial charge on any atom is -0.493 e. The summed E-state index contributed by atoms with van der Waals surface area (Å²) in [5.41, 5.74) is 0.937. The first-order valence-electron chi connectivity index (χ1n) is 9.40. The lowest BCUT2D eigenvalue weighted by Crippen LogP contribution is -2.46. The van der Waals surface area contributed by atoms with E-state index in [-0.39, 0.29) is 18.1 Å². The second-order valence-corrected chi connectivity index (χ2v) is 6.53. The Balaban J connectivity index is 1.46. The monoisotopic (exact) mass is 402 g/mol. The molecule has 0 spiro atoms. The average molecular weight is 402 g/mol. The third kappa shape index (κ3) is 5.40. The van der Waals surface area contributed by atoms with E-state index >= 15 is 0 Å². The molecule has 1 aromatic carbocycles. The summed E-state index contributed by atoms with van der Waals surface area (Å²) >= 11 is 0. The Morgan fingerprint density at radius 2 is 1.86 bits per heavy atom. The number of benzene rings is 1. The summed E-state index contributed by atoms with van der Waals surface area (Å²) in [6, 6.07) is 7.46. The molecule has 0 aliphatic carbocycles. The minimum atomic E-state index is -0.0954. The maximum atomic E-state index is 12.5. The zero-order valence-electron chi connectivity index (χ0n) is 16.9. The molecule has 1 aromatic heterocycles. The van der Waals surface area contributed by atoms with Gasteiger partial charge in [0.2, 0.25) is 5.88 Å². The van der Waals surface area contributed by atoms with Gasteiger partial charge in [0.1, 0.15) is 6.10 Å². The second-order valence-electron chi connectivity index (χ2n) is 6.53. The topological polar surface area (TPSA) is 95.0 Å². The van der Waals surface area contributed by atoms with Gasteiger partial charge in [-0.25, -0.2) is 9.78 Å². The number of methoxy groups -OCH3 is 3. The average Bonchev–Trinajstić information content (AvgIpc) is 2.77. The minimum absolute atomic E-state index is 0.00417. The number of ether oxygens (including phenoxy) is 4. The van der Waals surface area contributed by atoms with E-state index in [0.29, 0.717) is 37.0 Å². The van der Waals surface area contributed by atoms with Crippen molar-refractivity contribution < 1.29 is 23.7 Å². The van der Waals surface area contributed by atoms with Crippen molar-refractivity contribution in [2.24, 2.45) is 0 Å². The quantitative estimate of drug-likeness (QED) is 0.759. The molecule has 2 amide bonds. The number of carbonyl (C=O) groups excluding carboxylic acids is 1. The Kier molecular flexibility index (Phi) is 6.94. The number of rotatable bonds is 7. The molecular formula is C20H26N4O5. The zero-order valence-corrected chi connectivity index (χ0v) is 16.9. The van der Waals surface area contributed by atoms with E-state index in [2.05, 4.69) is 15.3 Å². The van der Waals surface area contributed by atoms with Crippen LogP contribution in [-0.2, 0) is 6.54 Å². The smallest absolute Gasteiger partial charge is 0.319 e. The molecule has 2 aromatic rings. The van der Waals surface area contributed by atoms with Crippen molar-refractivity contribution in [1.29, 1.82) is 0 Å². The molecule has 0 bridgehead atoms. The molecule has 156 valence electrons. The van der Waals surface area contributed by atoms with Gasteiger partial charge in [-0.05, 0) is 17.7 Å². The van der Waals surface area contributed by atoms with Crippen LogP contribution in [0.25, 0.3) is 0 Å². The summed E-state index contributed by atoms with van der Waals surface area (Å²) in [6.07, 6.45) is 3.06. The molecule has 9 heteroatoms. The van der Waals surface area contributed by atoms with Crippen molar-refractivity contribution in [2.45, 2.75) is 25.5 Å². The number of nitrogens with one attached hydrogen (secondary N) is 1. The molecule has 1 fully saturated rings. The number of likely N-dealkylation sites (tertiary alicyclic amines) is 1. The summed E-state index contributed by atoms with van der Waals surface area (Å²) in [5.74, 6) is 1.78. The van der Waals surface area contributed by atoms with E-state index in [9.17, 15) is 4.79 Å². The number of urea groups is 1. The highest BCUT2D eigenvalue weighted by atomic mass is 16.5. The maximum Gasteiger partial charge on any atom is 0.319 e. The predicted molar refractivity (Wildman–Crippen MR) is 106 cm³/mol. The fourth-order valence-electron chi connectivity index (χ4n) is 3.12. The third-order valence-electron chi connectivity index (χ3n) is 4.70. The van der Waals surface area contributed by atoms with E-state index in [1.807, 2.05) is 18.2 Å². The normalized spacial score (nSPS) is 14.2. The second kappa shape index (κ2) is 9.81. The van der Waals surface area contributed by atoms with Gasteiger partial charge in [0.05, 0.1) is 21.3 Å².